The van der Waals surface area contributed by atoms with Crippen LogP contribution in [0.4, 0.5) is 0 Å². The molecule has 27 heavy (non-hydrogen) atoms. The molecule has 0 radical (unpaired) electrons. The van der Waals surface area contributed by atoms with Crippen LogP contribution >= 0.6 is 0 Å². The molecular formula is C21H24N4O2. The van der Waals surface area contributed by atoms with Gasteiger partial charge < -0.3 is 5.32 Å². The molecule has 1 amide bonds. The van der Waals surface area contributed by atoms with Gasteiger partial charge in [0.2, 0.25) is 0 Å². The van der Waals surface area contributed by atoms with Gasteiger partial charge in [-0.05, 0) is 25.1 Å². The van der Waals surface area contributed by atoms with Crippen LogP contribution in [-0.4, -0.2) is 34.2 Å². The van der Waals surface area contributed by atoms with Gasteiger partial charge >= 0.3 is 0 Å². The van der Waals surface area contributed by atoms with E-state index in [2.05, 4.69) is 40.4 Å². The topological polar surface area (TPSA) is 67.2 Å². The maximum absolute atomic E-state index is 12.9. The summed E-state index contributed by atoms with van der Waals surface area (Å²) in [6.07, 6.45) is 0. The van der Waals surface area contributed by atoms with Gasteiger partial charge in [0, 0.05) is 19.0 Å². The highest BCUT2D eigenvalue weighted by atomic mass is 16.2. The number of benzene rings is 2. The SMILES string of the molecule is CCN(Cc1cccc(C)c1)Cn1nc(C(=O)NC)c2ccccc2c1=O. The Morgan fingerprint density at radius 1 is 1.15 bits per heavy atom. The van der Waals surface area contributed by atoms with Crippen LogP contribution in [-0.2, 0) is 13.2 Å². The highest BCUT2D eigenvalue weighted by molar-refractivity contribution is 6.04. The third kappa shape index (κ3) is 4.06. The van der Waals surface area contributed by atoms with Crippen molar-refractivity contribution in [1.29, 1.82) is 0 Å². The number of aromatic nitrogens is 2. The van der Waals surface area contributed by atoms with E-state index < -0.39 is 0 Å². The molecule has 1 N–H and O–H groups in total. The Balaban J connectivity index is 1.99. The number of hydrogen-bond acceptors (Lipinski definition) is 4. The molecule has 0 atom stereocenters. The fourth-order valence-corrected chi connectivity index (χ4v) is 3.14. The average Bonchev–Trinajstić information content (AvgIpc) is 2.69. The van der Waals surface area contributed by atoms with Crippen molar-refractivity contribution in [1.82, 2.24) is 20.0 Å². The molecule has 1 aromatic heterocycles. The predicted molar refractivity (Wildman–Crippen MR) is 107 cm³/mol. The maximum Gasteiger partial charge on any atom is 0.275 e. The molecule has 2 aromatic carbocycles. The van der Waals surface area contributed by atoms with Crippen LogP contribution in [0.1, 0.15) is 28.5 Å². The normalized spacial score (nSPS) is 11.1. The van der Waals surface area contributed by atoms with Gasteiger partial charge in [-0.1, -0.05) is 55.0 Å². The molecule has 0 saturated carbocycles. The van der Waals surface area contributed by atoms with Crippen molar-refractivity contribution in [2.75, 3.05) is 13.6 Å². The summed E-state index contributed by atoms with van der Waals surface area (Å²) in [7, 11) is 1.56. The molecule has 0 aliphatic rings. The second kappa shape index (κ2) is 8.14. The molecule has 1 heterocycles. The number of amides is 1. The molecular weight excluding hydrogens is 340 g/mol. The lowest BCUT2D eigenvalue weighted by molar-refractivity contribution is 0.0955. The van der Waals surface area contributed by atoms with Crippen molar-refractivity contribution in [3.05, 3.63) is 75.7 Å². The predicted octanol–water partition coefficient (Wildman–Crippen LogP) is 2.54. The molecule has 3 aromatic rings. The van der Waals surface area contributed by atoms with Gasteiger partial charge in [-0.2, -0.15) is 5.10 Å². The van der Waals surface area contributed by atoms with Gasteiger partial charge in [0.25, 0.3) is 11.5 Å². The second-order valence-corrected chi connectivity index (χ2v) is 6.55. The van der Waals surface area contributed by atoms with E-state index in [-0.39, 0.29) is 17.2 Å². The van der Waals surface area contributed by atoms with Gasteiger partial charge in [0.1, 0.15) is 0 Å². The van der Waals surface area contributed by atoms with Gasteiger partial charge in [0.15, 0.2) is 5.69 Å². The van der Waals surface area contributed by atoms with E-state index in [1.165, 1.54) is 15.8 Å². The maximum atomic E-state index is 12.9. The standard InChI is InChI=1S/C21H24N4O2/c1-4-24(13-16-9-7-8-15(2)12-16)14-25-21(27)18-11-6-5-10-17(18)19(23-25)20(26)22-3/h5-12H,4,13-14H2,1-3H3,(H,22,26). The number of carbonyl (C=O) groups excluding carboxylic acids is 1. The van der Waals surface area contributed by atoms with Gasteiger partial charge in [-0.3, -0.25) is 14.5 Å². The minimum atomic E-state index is -0.304. The molecule has 0 saturated heterocycles. The zero-order valence-electron chi connectivity index (χ0n) is 15.9. The highest BCUT2D eigenvalue weighted by Gasteiger charge is 2.16. The van der Waals surface area contributed by atoms with Crippen LogP contribution < -0.4 is 10.9 Å². The van der Waals surface area contributed by atoms with Crippen LogP contribution in [0, 0.1) is 6.92 Å². The number of hydrogen-bond donors (Lipinski definition) is 1. The van der Waals surface area contributed by atoms with Gasteiger partial charge in [-0.25, -0.2) is 4.68 Å². The molecule has 0 unspecified atom stereocenters. The van der Waals surface area contributed by atoms with E-state index in [0.29, 0.717) is 24.0 Å². The van der Waals surface area contributed by atoms with Crippen molar-refractivity contribution in [2.24, 2.45) is 0 Å². The Hall–Kier alpha value is -2.99. The number of nitrogens with zero attached hydrogens (tertiary/aromatic N) is 3. The summed E-state index contributed by atoms with van der Waals surface area (Å²) >= 11 is 0. The first-order valence-corrected chi connectivity index (χ1v) is 9.03. The fraction of sp³-hybridized carbons (Fsp3) is 0.286. The number of fused-ring (bicyclic) bond motifs is 1. The Bertz CT molecular complexity index is 1030. The van der Waals surface area contributed by atoms with Gasteiger partial charge in [-0.15, -0.1) is 0 Å². The number of aryl methyl sites for hydroxylation is 1. The molecule has 0 aliphatic carbocycles. The summed E-state index contributed by atoms with van der Waals surface area (Å²) in [6.45, 7) is 5.88. The Morgan fingerprint density at radius 2 is 1.89 bits per heavy atom. The number of nitrogens with one attached hydrogen (secondary N) is 1. The summed E-state index contributed by atoms with van der Waals surface area (Å²) in [5.74, 6) is -0.304. The molecule has 140 valence electrons. The zero-order valence-corrected chi connectivity index (χ0v) is 15.9. The molecule has 3 rings (SSSR count). The number of carbonyl (C=O) groups is 1. The lowest BCUT2D eigenvalue weighted by atomic mass is 10.1. The Kier molecular flexibility index (Phi) is 5.66. The van der Waals surface area contributed by atoms with Crippen molar-refractivity contribution in [2.45, 2.75) is 27.1 Å². The Morgan fingerprint density at radius 3 is 2.56 bits per heavy atom. The van der Waals surface area contributed by atoms with Crippen molar-refractivity contribution >= 4 is 16.7 Å². The van der Waals surface area contributed by atoms with E-state index in [1.807, 2.05) is 13.0 Å². The monoisotopic (exact) mass is 364 g/mol. The first kappa shape index (κ1) is 18.8. The molecule has 0 bridgehead atoms. The molecule has 0 fully saturated rings. The van der Waals surface area contributed by atoms with Crippen molar-refractivity contribution in [3.63, 3.8) is 0 Å². The largest absolute Gasteiger partial charge is 0.354 e. The first-order valence-electron chi connectivity index (χ1n) is 9.03. The first-order chi connectivity index (χ1) is 13.0. The quantitative estimate of drug-likeness (QED) is 0.730. The van der Waals surface area contributed by atoms with Gasteiger partial charge in [0.05, 0.1) is 12.1 Å². The Labute approximate surface area is 158 Å². The summed E-state index contributed by atoms with van der Waals surface area (Å²) in [5, 5.41) is 8.04. The molecule has 6 heteroatoms. The van der Waals surface area contributed by atoms with Crippen LogP contribution in [0.5, 0.6) is 0 Å². The third-order valence-corrected chi connectivity index (χ3v) is 4.58. The van der Waals surface area contributed by atoms with Crippen molar-refractivity contribution in [3.8, 4) is 0 Å². The van der Waals surface area contributed by atoms with Crippen LogP contribution in [0.2, 0.25) is 0 Å². The van der Waals surface area contributed by atoms with E-state index in [9.17, 15) is 9.59 Å². The van der Waals surface area contributed by atoms with E-state index >= 15 is 0 Å². The van der Waals surface area contributed by atoms with Crippen LogP contribution in [0.25, 0.3) is 10.8 Å². The number of rotatable bonds is 6. The summed E-state index contributed by atoms with van der Waals surface area (Å²) in [4.78, 5) is 27.3. The van der Waals surface area contributed by atoms with Crippen LogP contribution in [0.15, 0.2) is 53.3 Å². The molecule has 0 aliphatic heterocycles. The summed E-state index contributed by atoms with van der Waals surface area (Å²) < 4.78 is 1.38. The molecule has 0 spiro atoms. The molecule has 6 nitrogen and oxygen atoms in total. The lowest BCUT2D eigenvalue weighted by Crippen LogP contribution is -2.35. The van der Waals surface area contributed by atoms with E-state index in [0.717, 1.165) is 6.54 Å². The lowest BCUT2D eigenvalue weighted by Gasteiger charge is -2.22. The summed E-state index contributed by atoms with van der Waals surface area (Å²) in [5.41, 5.74) is 2.45. The zero-order chi connectivity index (χ0) is 19.4. The average molecular weight is 364 g/mol. The van der Waals surface area contributed by atoms with Crippen LogP contribution in [0.3, 0.4) is 0 Å². The van der Waals surface area contributed by atoms with Crippen molar-refractivity contribution < 1.29 is 4.79 Å². The minimum absolute atomic E-state index is 0.194. The van der Waals surface area contributed by atoms with E-state index in [1.54, 1.807) is 31.3 Å². The fourth-order valence-electron chi connectivity index (χ4n) is 3.14. The summed E-state index contributed by atoms with van der Waals surface area (Å²) in [6, 6.07) is 15.4. The minimum Gasteiger partial charge on any atom is -0.354 e. The third-order valence-electron chi connectivity index (χ3n) is 4.58. The van der Waals surface area contributed by atoms with E-state index in [4.69, 9.17) is 0 Å². The second-order valence-electron chi connectivity index (χ2n) is 6.55. The smallest absolute Gasteiger partial charge is 0.275 e. The highest BCUT2D eigenvalue weighted by Crippen LogP contribution is 2.14.